The third kappa shape index (κ3) is 3.51. The lowest BCUT2D eigenvalue weighted by molar-refractivity contribution is 0.317. The van der Waals surface area contributed by atoms with Crippen LogP contribution in [0.3, 0.4) is 0 Å². The van der Waals surface area contributed by atoms with E-state index in [9.17, 15) is 8.42 Å². The molecule has 1 aliphatic rings. The SMILES string of the molecule is Cc1ccc(S(=O)(=O)N2CCC(c3cc4cc(Cl)ccc4[nH]3)CC2)c(C)c1. The second kappa shape index (κ2) is 6.97. The van der Waals surface area contributed by atoms with Gasteiger partial charge in [0, 0.05) is 40.6 Å². The van der Waals surface area contributed by atoms with Crippen LogP contribution >= 0.6 is 11.6 Å². The van der Waals surface area contributed by atoms with E-state index in [1.54, 1.807) is 10.4 Å². The highest BCUT2D eigenvalue weighted by Crippen LogP contribution is 2.33. The van der Waals surface area contributed by atoms with Gasteiger partial charge < -0.3 is 4.98 Å². The van der Waals surface area contributed by atoms with Crippen molar-refractivity contribution in [2.45, 2.75) is 37.5 Å². The molecule has 1 N–H and O–H groups in total. The van der Waals surface area contributed by atoms with Crippen LogP contribution in [-0.2, 0) is 10.0 Å². The molecule has 0 aliphatic carbocycles. The first-order valence-electron chi connectivity index (χ1n) is 9.20. The fourth-order valence-electron chi connectivity index (χ4n) is 3.98. The summed E-state index contributed by atoms with van der Waals surface area (Å²) in [5.74, 6) is 0.335. The van der Waals surface area contributed by atoms with Gasteiger partial charge in [-0.15, -0.1) is 0 Å². The first-order chi connectivity index (χ1) is 12.8. The third-order valence-electron chi connectivity index (χ3n) is 5.45. The van der Waals surface area contributed by atoms with Crippen LogP contribution in [0.2, 0.25) is 5.02 Å². The Morgan fingerprint density at radius 2 is 1.78 bits per heavy atom. The molecular formula is C21H23ClN2O2S. The molecule has 6 heteroatoms. The lowest BCUT2D eigenvalue weighted by atomic mass is 9.95. The van der Waals surface area contributed by atoms with Gasteiger partial charge in [-0.3, -0.25) is 0 Å². The number of aryl methyl sites for hydroxylation is 2. The molecule has 0 bridgehead atoms. The van der Waals surface area contributed by atoms with Gasteiger partial charge >= 0.3 is 0 Å². The van der Waals surface area contributed by atoms with Crippen molar-refractivity contribution in [3.8, 4) is 0 Å². The predicted octanol–water partition coefficient (Wildman–Crippen LogP) is 5.01. The number of fused-ring (bicyclic) bond motifs is 1. The molecule has 0 atom stereocenters. The molecule has 0 amide bonds. The Morgan fingerprint density at radius 1 is 1.04 bits per heavy atom. The van der Waals surface area contributed by atoms with Crippen molar-refractivity contribution in [2.75, 3.05) is 13.1 Å². The monoisotopic (exact) mass is 402 g/mol. The number of nitrogens with zero attached hydrogens (tertiary/aromatic N) is 1. The van der Waals surface area contributed by atoms with E-state index in [-0.39, 0.29) is 0 Å². The number of piperidine rings is 1. The third-order valence-corrected chi connectivity index (χ3v) is 7.74. The van der Waals surface area contributed by atoms with E-state index in [2.05, 4.69) is 11.1 Å². The van der Waals surface area contributed by atoms with Gasteiger partial charge in [-0.1, -0.05) is 29.3 Å². The second-order valence-electron chi connectivity index (χ2n) is 7.40. The van der Waals surface area contributed by atoms with Gasteiger partial charge in [0.15, 0.2) is 0 Å². The summed E-state index contributed by atoms with van der Waals surface area (Å²) in [7, 11) is -3.44. The lowest BCUT2D eigenvalue weighted by Crippen LogP contribution is -2.38. The summed E-state index contributed by atoms with van der Waals surface area (Å²) in [6.45, 7) is 4.91. The first-order valence-corrected chi connectivity index (χ1v) is 11.0. The molecule has 0 saturated carbocycles. The molecule has 3 aromatic rings. The molecule has 1 fully saturated rings. The number of halogens is 1. The van der Waals surface area contributed by atoms with Crippen LogP contribution in [0.1, 0.15) is 35.6 Å². The lowest BCUT2D eigenvalue weighted by Gasteiger charge is -2.31. The van der Waals surface area contributed by atoms with Crippen LogP contribution in [-0.4, -0.2) is 30.8 Å². The molecule has 1 aromatic heterocycles. The van der Waals surface area contributed by atoms with Crippen LogP contribution in [0, 0.1) is 13.8 Å². The van der Waals surface area contributed by atoms with Gasteiger partial charge in [-0.05, 0) is 62.6 Å². The van der Waals surface area contributed by atoms with Gasteiger partial charge in [0.1, 0.15) is 0 Å². The van der Waals surface area contributed by atoms with E-state index in [0.29, 0.717) is 23.9 Å². The topological polar surface area (TPSA) is 53.2 Å². The number of sulfonamides is 1. The number of hydrogen-bond donors (Lipinski definition) is 1. The summed E-state index contributed by atoms with van der Waals surface area (Å²) in [5.41, 5.74) is 4.12. The fourth-order valence-corrected chi connectivity index (χ4v) is 5.84. The number of rotatable bonds is 3. The summed E-state index contributed by atoms with van der Waals surface area (Å²) in [5, 5.41) is 1.82. The van der Waals surface area contributed by atoms with E-state index in [1.807, 2.05) is 44.2 Å². The van der Waals surface area contributed by atoms with Gasteiger partial charge in [0.2, 0.25) is 10.0 Å². The molecule has 0 spiro atoms. The second-order valence-corrected chi connectivity index (χ2v) is 9.75. The maximum Gasteiger partial charge on any atom is 0.243 e. The van der Waals surface area contributed by atoms with Crippen LogP contribution in [0.5, 0.6) is 0 Å². The van der Waals surface area contributed by atoms with Crippen molar-refractivity contribution in [1.82, 2.24) is 9.29 Å². The maximum atomic E-state index is 13.0. The largest absolute Gasteiger partial charge is 0.358 e. The Bertz CT molecular complexity index is 1100. The molecule has 1 aliphatic heterocycles. The molecule has 1 saturated heterocycles. The maximum absolute atomic E-state index is 13.0. The average molecular weight is 403 g/mol. The Kier molecular flexibility index (Phi) is 4.78. The van der Waals surface area contributed by atoms with Crippen LogP contribution in [0.25, 0.3) is 10.9 Å². The molecule has 0 radical (unpaired) electrons. The quantitative estimate of drug-likeness (QED) is 0.669. The van der Waals surface area contributed by atoms with E-state index < -0.39 is 10.0 Å². The van der Waals surface area contributed by atoms with E-state index in [4.69, 9.17) is 11.6 Å². The molecule has 4 rings (SSSR count). The van der Waals surface area contributed by atoms with E-state index in [0.717, 1.165) is 45.6 Å². The standard InChI is InChI=1S/C21H23ClN2O2S/c1-14-3-6-21(15(2)11-14)27(25,26)24-9-7-16(8-10-24)20-13-17-12-18(22)4-5-19(17)23-20/h3-6,11-13,16,23H,7-10H2,1-2H3. The molecule has 0 unspecified atom stereocenters. The minimum atomic E-state index is -3.44. The zero-order chi connectivity index (χ0) is 19.2. The summed E-state index contributed by atoms with van der Waals surface area (Å²) in [6, 6.07) is 13.5. The smallest absolute Gasteiger partial charge is 0.243 e. The number of aromatic nitrogens is 1. The molecule has 4 nitrogen and oxygen atoms in total. The minimum absolute atomic E-state index is 0.335. The number of aromatic amines is 1. The normalized spacial score (nSPS) is 16.9. The van der Waals surface area contributed by atoms with E-state index >= 15 is 0 Å². The van der Waals surface area contributed by atoms with Crippen molar-refractivity contribution in [3.63, 3.8) is 0 Å². The first kappa shape index (κ1) is 18.5. The molecule has 2 aromatic carbocycles. The number of H-pyrrole nitrogens is 1. The minimum Gasteiger partial charge on any atom is -0.358 e. The molecule has 142 valence electrons. The van der Waals surface area contributed by atoms with Crippen molar-refractivity contribution < 1.29 is 8.42 Å². The summed E-state index contributed by atoms with van der Waals surface area (Å²) >= 11 is 6.08. The van der Waals surface area contributed by atoms with Crippen LogP contribution in [0.4, 0.5) is 0 Å². The highest BCUT2D eigenvalue weighted by Gasteiger charge is 2.31. The predicted molar refractivity (Wildman–Crippen MR) is 110 cm³/mol. The molecular weight excluding hydrogens is 380 g/mol. The van der Waals surface area contributed by atoms with Gasteiger partial charge in [0.25, 0.3) is 0 Å². The van der Waals surface area contributed by atoms with Gasteiger partial charge in [-0.25, -0.2) is 8.42 Å². The van der Waals surface area contributed by atoms with E-state index in [1.165, 1.54) is 0 Å². The Balaban J connectivity index is 1.52. The Labute approximate surface area is 165 Å². The van der Waals surface area contributed by atoms with Crippen molar-refractivity contribution >= 4 is 32.5 Å². The molecule has 2 heterocycles. The van der Waals surface area contributed by atoms with Crippen LogP contribution < -0.4 is 0 Å². The summed E-state index contributed by atoms with van der Waals surface area (Å²) < 4.78 is 27.7. The zero-order valence-electron chi connectivity index (χ0n) is 15.5. The summed E-state index contributed by atoms with van der Waals surface area (Å²) in [4.78, 5) is 3.89. The average Bonchev–Trinajstić information content (AvgIpc) is 3.04. The zero-order valence-corrected chi connectivity index (χ0v) is 17.1. The number of nitrogens with one attached hydrogen (secondary N) is 1. The van der Waals surface area contributed by atoms with Crippen molar-refractivity contribution in [3.05, 3.63) is 64.3 Å². The summed E-state index contributed by atoms with van der Waals surface area (Å²) in [6.07, 6.45) is 1.62. The van der Waals surface area contributed by atoms with Gasteiger partial charge in [0.05, 0.1) is 4.90 Å². The van der Waals surface area contributed by atoms with Crippen LogP contribution in [0.15, 0.2) is 47.4 Å². The fraction of sp³-hybridized carbons (Fsp3) is 0.333. The Hall–Kier alpha value is -1.82. The molecule has 27 heavy (non-hydrogen) atoms. The Morgan fingerprint density at radius 3 is 2.48 bits per heavy atom. The highest BCUT2D eigenvalue weighted by molar-refractivity contribution is 7.89. The highest BCUT2D eigenvalue weighted by atomic mass is 35.5. The van der Waals surface area contributed by atoms with Crippen molar-refractivity contribution in [2.24, 2.45) is 0 Å². The number of benzene rings is 2. The van der Waals surface area contributed by atoms with Crippen molar-refractivity contribution in [1.29, 1.82) is 0 Å². The number of hydrogen-bond acceptors (Lipinski definition) is 2. The van der Waals surface area contributed by atoms with Gasteiger partial charge in [-0.2, -0.15) is 4.31 Å².